The van der Waals surface area contributed by atoms with Crippen molar-refractivity contribution >= 4 is 35.0 Å². The zero-order chi connectivity index (χ0) is 18.5. The average Bonchev–Trinajstić information content (AvgIpc) is 3.18. The van der Waals surface area contributed by atoms with Gasteiger partial charge in [-0.05, 0) is 61.2 Å². The third kappa shape index (κ3) is 4.15. The van der Waals surface area contributed by atoms with Gasteiger partial charge in [0.1, 0.15) is 0 Å². The SMILES string of the molecule is CSc1cccc(NC(=O)c2ccc(C)c(NC(=O)c3ccco3)c2)c1. The predicted molar refractivity (Wildman–Crippen MR) is 104 cm³/mol. The van der Waals surface area contributed by atoms with Crippen molar-refractivity contribution in [2.45, 2.75) is 11.8 Å². The van der Waals surface area contributed by atoms with E-state index >= 15 is 0 Å². The molecule has 2 N–H and O–H groups in total. The number of carbonyl (C=O) groups is 2. The third-order valence-electron chi connectivity index (χ3n) is 3.82. The van der Waals surface area contributed by atoms with Crippen molar-refractivity contribution in [2.75, 3.05) is 16.9 Å². The maximum atomic E-state index is 12.5. The molecule has 0 spiro atoms. The molecular weight excluding hydrogens is 348 g/mol. The van der Waals surface area contributed by atoms with Gasteiger partial charge in [-0.3, -0.25) is 9.59 Å². The summed E-state index contributed by atoms with van der Waals surface area (Å²) in [4.78, 5) is 25.8. The highest BCUT2D eigenvalue weighted by atomic mass is 32.2. The van der Waals surface area contributed by atoms with Crippen LogP contribution in [0.4, 0.5) is 11.4 Å². The lowest BCUT2D eigenvalue weighted by atomic mass is 10.1. The number of thioether (sulfide) groups is 1. The van der Waals surface area contributed by atoms with E-state index in [0.717, 1.165) is 16.1 Å². The molecule has 0 radical (unpaired) electrons. The molecule has 0 unspecified atom stereocenters. The molecule has 0 atom stereocenters. The molecule has 0 saturated heterocycles. The number of anilines is 2. The van der Waals surface area contributed by atoms with E-state index in [1.807, 2.05) is 37.4 Å². The molecule has 0 bridgehead atoms. The fraction of sp³-hybridized carbons (Fsp3) is 0.100. The Kier molecular flexibility index (Phi) is 5.43. The second-order valence-electron chi connectivity index (χ2n) is 5.65. The average molecular weight is 366 g/mol. The van der Waals surface area contributed by atoms with Crippen molar-refractivity contribution in [1.82, 2.24) is 0 Å². The monoisotopic (exact) mass is 366 g/mol. The molecule has 0 fully saturated rings. The van der Waals surface area contributed by atoms with Crippen LogP contribution in [-0.2, 0) is 0 Å². The Hall–Kier alpha value is -2.99. The lowest BCUT2D eigenvalue weighted by Gasteiger charge is -2.11. The summed E-state index contributed by atoms with van der Waals surface area (Å²) in [6.07, 6.45) is 3.42. The molecule has 1 aromatic heterocycles. The Labute approximate surface area is 155 Å². The molecule has 132 valence electrons. The van der Waals surface area contributed by atoms with Crippen molar-refractivity contribution in [3.8, 4) is 0 Å². The number of nitrogens with one attached hydrogen (secondary N) is 2. The Morgan fingerprint density at radius 2 is 1.81 bits per heavy atom. The number of rotatable bonds is 5. The predicted octanol–water partition coefficient (Wildman–Crippen LogP) is 4.81. The van der Waals surface area contributed by atoms with Crippen molar-refractivity contribution in [1.29, 1.82) is 0 Å². The van der Waals surface area contributed by atoms with Crippen LogP contribution in [0.1, 0.15) is 26.5 Å². The molecule has 26 heavy (non-hydrogen) atoms. The number of hydrogen-bond donors (Lipinski definition) is 2. The van der Waals surface area contributed by atoms with Gasteiger partial charge in [0.2, 0.25) is 0 Å². The summed E-state index contributed by atoms with van der Waals surface area (Å²) < 4.78 is 5.09. The zero-order valence-corrected chi connectivity index (χ0v) is 15.2. The Bertz CT molecular complexity index is 936. The molecule has 3 rings (SSSR count). The summed E-state index contributed by atoms with van der Waals surface area (Å²) in [6, 6.07) is 16.0. The third-order valence-corrected chi connectivity index (χ3v) is 4.55. The largest absolute Gasteiger partial charge is 0.459 e. The molecule has 0 aliphatic rings. The van der Waals surface area contributed by atoms with Crippen LogP contribution >= 0.6 is 11.8 Å². The van der Waals surface area contributed by atoms with E-state index in [4.69, 9.17) is 4.42 Å². The minimum absolute atomic E-state index is 0.216. The van der Waals surface area contributed by atoms with Gasteiger partial charge in [-0.25, -0.2) is 0 Å². The smallest absolute Gasteiger partial charge is 0.291 e. The van der Waals surface area contributed by atoms with Crippen LogP contribution in [0.25, 0.3) is 0 Å². The topological polar surface area (TPSA) is 71.3 Å². The van der Waals surface area contributed by atoms with Crippen molar-refractivity contribution in [3.63, 3.8) is 0 Å². The molecule has 6 heteroatoms. The van der Waals surface area contributed by atoms with Gasteiger partial charge in [0.15, 0.2) is 5.76 Å². The van der Waals surface area contributed by atoms with Crippen LogP contribution in [0.15, 0.2) is 70.2 Å². The summed E-state index contributed by atoms with van der Waals surface area (Å²) in [5.74, 6) is -0.381. The first-order valence-corrected chi connectivity index (χ1v) is 9.20. The van der Waals surface area contributed by atoms with E-state index < -0.39 is 0 Å². The van der Waals surface area contributed by atoms with Gasteiger partial charge in [-0.2, -0.15) is 0 Å². The molecule has 0 saturated carbocycles. The summed E-state index contributed by atoms with van der Waals surface area (Å²) in [5, 5.41) is 5.65. The lowest BCUT2D eigenvalue weighted by molar-refractivity contribution is 0.0993. The summed E-state index contributed by atoms with van der Waals surface area (Å²) >= 11 is 1.61. The van der Waals surface area contributed by atoms with Crippen LogP contribution in [0.5, 0.6) is 0 Å². The van der Waals surface area contributed by atoms with Crippen molar-refractivity contribution in [2.24, 2.45) is 0 Å². The van der Waals surface area contributed by atoms with E-state index in [1.54, 1.807) is 42.1 Å². The summed E-state index contributed by atoms with van der Waals surface area (Å²) in [5.41, 5.74) is 2.60. The first-order valence-electron chi connectivity index (χ1n) is 7.98. The fourth-order valence-corrected chi connectivity index (χ4v) is 2.85. The molecule has 2 amide bonds. The van der Waals surface area contributed by atoms with Crippen LogP contribution < -0.4 is 10.6 Å². The Morgan fingerprint density at radius 3 is 2.54 bits per heavy atom. The van der Waals surface area contributed by atoms with Gasteiger partial charge in [0.25, 0.3) is 11.8 Å². The van der Waals surface area contributed by atoms with Crippen LogP contribution in [0, 0.1) is 6.92 Å². The Morgan fingerprint density at radius 1 is 0.962 bits per heavy atom. The van der Waals surface area contributed by atoms with Gasteiger partial charge >= 0.3 is 0 Å². The standard InChI is InChI=1S/C20H18N2O3S/c1-13-8-9-14(11-17(13)22-20(24)18-7-4-10-25-18)19(23)21-15-5-3-6-16(12-15)26-2/h3-12H,1-2H3,(H,21,23)(H,22,24). The zero-order valence-electron chi connectivity index (χ0n) is 14.4. The van der Waals surface area contributed by atoms with Gasteiger partial charge in [0.05, 0.1) is 6.26 Å². The molecule has 5 nitrogen and oxygen atoms in total. The number of benzene rings is 2. The van der Waals surface area contributed by atoms with E-state index in [-0.39, 0.29) is 17.6 Å². The second-order valence-corrected chi connectivity index (χ2v) is 6.53. The summed E-state index contributed by atoms with van der Waals surface area (Å²) in [6.45, 7) is 1.86. The van der Waals surface area contributed by atoms with E-state index in [0.29, 0.717) is 11.3 Å². The van der Waals surface area contributed by atoms with Crippen molar-refractivity contribution < 1.29 is 14.0 Å². The molecule has 1 heterocycles. The number of furan rings is 1. The van der Waals surface area contributed by atoms with E-state index in [1.165, 1.54) is 6.26 Å². The molecule has 0 aliphatic carbocycles. The molecule has 0 aliphatic heterocycles. The van der Waals surface area contributed by atoms with Gasteiger partial charge < -0.3 is 15.1 Å². The maximum absolute atomic E-state index is 12.5. The van der Waals surface area contributed by atoms with Crippen LogP contribution in [0.2, 0.25) is 0 Å². The van der Waals surface area contributed by atoms with Gasteiger partial charge in [-0.15, -0.1) is 11.8 Å². The molecule has 3 aromatic rings. The lowest BCUT2D eigenvalue weighted by Crippen LogP contribution is -2.15. The first-order chi connectivity index (χ1) is 12.6. The normalized spacial score (nSPS) is 10.4. The first kappa shape index (κ1) is 17.8. The Balaban J connectivity index is 1.77. The quantitative estimate of drug-likeness (QED) is 0.636. The number of amides is 2. The maximum Gasteiger partial charge on any atom is 0.291 e. The second kappa shape index (κ2) is 7.93. The highest BCUT2D eigenvalue weighted by molar-refractivity contribution is 7.98. The number of hydrogen-bond acceptors (Lipinski definition) is 4. The number of carbonyl (C=O) groups excluding carboxylic acids is 2. The molecular formula is C20H18N2O3S. The van der Waals surface area contributed by atoms with E-state index in [2.05, 4.69) is 10.6 Å². The van der Waals surface area contributed by atoms with E-state index in [9.17, 15) is 9.59 Å². The molecule has 2 aromatic carbocycles. The minimum atomic E-state index is -0.358. The number of aryl methyl sites for hydroxylation is 1. The fourth-order valence-electron chi connectivity index (χ4n) is 2.39. The van der Waals surface area contributed by atoms with Crippen LogP contribution in [-0.4, -0.2) is 18.1 Å². The van der Waals surface area contributed by atoms with Gasteiger partial charge in [0, 0.05) is 21.8 Å². The summed E-state index contributed by atoms with van der Waals surface area (Å²) in [7, 11) is 0. The van der Waals surface area contributed by atoms with Crippen LogP contribution in [0.3, 0.4) is 0 Å². The minimum Gasteiger partial charge on any atom is -0.459 e. The van der Waals surface area contributed by atoms with Crippen molar-refractivity contribution in [3.05, 3.63) is 77.7 Å². The van der Waals surface area contributed by atoms with Gasteiger partial charge in [-0.1, -0.05) is 12.1 Å². The highest BCUT2D eigenvalue weighted by Crippen LogP contribution is 2.21. The highest BCUT2D eigenvalue weighted by Gasteiger charge is 2.13.